The van der Waals surface area contributed by atoms with Crippen molar-refractivity contribution in [2.24, 2.45) is 5.73 Å². The molecule has 0 spiro atoms. The highest BCUT2D eigenvalue weighted by Crippen LogP contribution is 2.13. The van der Waals surface area contributed by atoms with Crippen LogP contribution in [0, 0.1) is 0 Å². The maximum atomic E-state index is 11.5. The van der Waals surface area contributed by atoms with Crippen LogP contribution >= 0.6 is 0 Å². The molecule has 6 nitrogen and oxygen atoms in total. The normalized spacial score (nSPS) is 11.7. The fourth-order valence-electron chi connectivity index (χ4n) is 1.62. The lowest BCUT2D eigenvalue weighted by Gasteiger charge is -2.07. The first-order valence-electron chi connectivity index (χ1n) is 6.62. The average molecular weight is 294 g/mol. The molecule has 0 aliphatic rings. The molecule has 0 heterocycles. The number of hydrogen-bond donors (Lipinski definition) is 1. The van der Waals surface area contributed by atoms with Gasteiger partial charge in [0.15, 0.2) is 11.8 Å². The van der Waals surface area contributed by atoms with E-state index in [4.69, 9.17) is 15.6 Å². The molecule has 0 aliphatic heterocycles. The van der Waals surface area contributed by atoms with Crippen LogP contribution in [-0.4, -0.2) is 35.3 Å². The Labute approximate surface area is 122 Å². The first-order valence-corrected chi connectivity index (χ1v) is 6.62. The van der Waals surface area contributed by atoms with Crippen LogP contribution in [0.15, 0.2) is 24.3 Å². The van der Waals surface area contributed by atoms with Gasteiger partial charge in [-0.25, -0.2) is 0 Å². The van der Waals surface area contributed by atoms with Crippen LogP contribution in [0.2, 0.25) is 0 Å². The molecule has 0 saturated heterocycles. The Morgan fingerprint density at radius 2 is 1.81 bits per heavy atom. The first kappa shape index (κ1) is 16.8. The molecule has 114 valence electrons. The third-order valence-corrected chi connectivity index (χ3v) is 2.87. The molecule has 1 aromatic carbocycles. The van der Waals surface area contributed by atoms with Crippen LogP contribution in [0.4, 0.5) is 0 Å². The van der Waals surface area contributed by atoms with Crippen molar-refractivity contribution in [2.75, 3.05) is 6.61 Å². The number of hydrogen-bond acceptors (Lipinski definition) is 5. The summed E-state index contributed by atoms with van der Waals surface area (Å²) in [6.07, 6.45) is 0.716. The molecule has 21 heavy (non-hydrogen) atoms. The molecule has 0 bridgehead atoms. The number of carbonyl (C=O) groups excluding carboxylic acids is 3. The summed E-state index contributed by atoms with van der Waals surface area (Å²) in [7, 11) is 0. The van der Waals surface area contributed by atoms with Gasteiger partial charge >= 0.3 is 5.97 Å². The minimum atomic E-state index is -0.829. The minimum Gasteiger partial charge on any atom is -0.564 e. The van der Waals surface area contributed by atoms with Gasteiger partial charge in [0.2, 0.25) is 0 Å². The van der Waals surface area contributed by atoms with E-state index in [9.17, 15) is 14.4 Å². The molecule has 0 aliphatic carbocycles. The standard InChI is InChI=1S/C15H19NO5/c1-10(17)2-5-12(18)9-21-13-6-3-11(4-7-13)8-14(16)15(19)20/h3-4,6-7,14H,2,5,8-9,16H2,1H3,(H,19,20)/p+1. The summed E-state index contributed by atoms with van der Waals surface area (Å²) in [5, 5.41) is 6.91. The van der Waals surface area contributed by atoms with E-state index in [1.54, 1.807) is 24.3 Å². The molecule has 0 radical (unpaired) electrons. The molecular formula is C15H20NO5+. The van der Waals surface area contributed by atoms with Gasteiger partial charge in [-0.05, 0) is 24.6 Å². The van der Waals surface area contributed by atoms with E-state index in [1.807, 2.05) is 0 Å². The molecule has 1 aromatic rings. The number of nitrogens with two attached hydrogens (primary N) is 1. The van der Waals surface area contributed by atoms with E-state index in [-0.39, 0.29) is 31.0 Å². The van der Waals surface area contributed by atoms with Crippen molar-refractivity contribution in [3.8, 4) is 5.75 Å². The lowest BCUT2D eigenvalue weighted by molar-refractivity contribution is -0.138. The topological polar surface area (TPSA) is 109 Å². The van der Waals surface area contributed by atoms with E-state index in [2.05, 4.69) is 0 Å². The van der Waals surface area contributed by atoms with Crippen LogP contribution in [0.25, 0.3) is 0 Å². The van der Waals surface area contributed by atoms with E-state index >= 15 is 0 Å². The summed E-state index contributed by atoms with van der Waals surface area (Å²) in [4.78, 5) is 33.0. The third-order valence-electron chi connectivity index (χ3n) is 2.87. The van der Waals surface area contributed by atoms with Gasteiger partial charge in [0.25, 0.3) is 0 Å². The first-order chi connectivity index (χ1) is 9.88. The highest BCUT2D eigenvalue weighted by Gasteiger charge is 2.19. The van der Waals surface area contributed by atoms with Crippen molar-refractivity contribution in [3.63, 3.8) is 0 Å². The second kappa shape index (κ2) is 8.16. The number of carbonyl (C=O) groups is 3. The summed E-state index contributed by atoms with van der Waals surface area (Å²) in [6.45, 7) is 1.37. The molecule has 0 saturated carbocycles. The lowest BCUT2D eigenvalue weighted by atomic mass is 10.1. The molecule has 0 aromatic heterocycles. The molecule has 1 unspecified atom stereocenters. The van der Waals surface area contributed by atoms with E-state index in [0.29, 0.717) is 12.2 Å². The molecule has 0 fully saturated rings. The Morgan fingerprint density at radius 3 is 2.33 bits per heavy atom. The maximum Gasteiger partial charge on any atom is 0.533 e. The van der Waals surface area contributed by atoms with Crippen LogP contribution in [-0.2, 0) is 20.8 Å². The Bertz CT molecular complexity index is 509. The molecule has 1 rings (SSSR count). The van der Waals surface area contributed by atoms with Crippen LogP contribution in [0.5, 0.6) is 5.75 Å². The number of Topliss-reactive ketones (excluding diaryl/α,β-unsaturated/α-hetero) is 2. The van der Waals surface area contributed by atoms with Crippen LogP contribution in [0.1, 0.15) is 25.3 Å². The highest BCUT2D eigenvalue weighted by atomic mass is 16.5. The van der Waals surface area contributed by atoms with Gasteiger partial charge in [-0.1, -0.05) is 12.1 Å². The second-order valence-corrected chi connectivity index (χ2v) is 4.85. The van der Waals surface area contributed by atoms with Crippen molar-refractivity contribution in [2.45, 2.75) is 32.2 Å². The number of ketones is 2. The summed E-state index contributed by atoms with van der Waals surface area (Å²) in [5.41, 5.74) is 6.32. The Hall–Kier alpha value is -2.21. The Morgan fingerprint density at radius 1 is 1.19 bits per heavy atom. The van der Waals surface area contributed by atoms with Gasteiger partial charge in [-0.2, -0.15) is 0 Å². The smallest absolute Gasteiger partial charge is 0.533 e. The zero-order valence-corrected chi connectivity index (χ0v) is 11.9. The number of rotatable bonds is 9. The summed E-state index contributed by atoms with van der Waals surface area (Å²) in [6, 6.07) is 5.99. The van der Waals surface area contributed by atoms with Gasteiger partial charge in [0, 0.05) is 24.1 Å². The van der Waals surface area contributed by atoms with Crippen LogP contribution < -0.4 is 10.5 Å². The zero-order valence-electron chi connectivity index (χ0n) is 11.9. The molecule has 0 amide bonds. The zero-order chi connectivity index (χ0) is 15.8. The maximum absolute atomic E-state index is 11.5. The predicted octanol–water partition coefficient (Wildman–Crippen LogP) is 0.125. The predicted molar refractivity (Wildman–Crippen MR) is 77.2 cm³/mol. The quantitative estimate of drug-likeness (QED) is 0.651. The highest BCUT2D eigenvalue weighted by molar-refractivity contribution is 5.85. The van der Waals surface area contributed by atoms with Gasteiger partial charge in [-0.3, -0.25) is 4.79 Å². The van der Waals surface area contributed by atoms with Crippen molar-refractivity contribution in [1.29, 1.82) is 0 Å². The molecule has 6 heteroatoms. The van der Waals surface area contributed by atoms with E-state index in [1.165, 1.54) is 6.92 Å². The lowest BCUT2D eigenvalue weighted by Crippen LogP contribution is -2.32. The number of benzene rings is 1. The number of ether oxygens (including phenoxy) is 1. The molecule has 1 atom stereocenters. The monoisotopic (exact) mass is 294 g/mol. The van der Waals surface area contributed by atoms with Crippen LogP contribution in [0.3, 0.4) is 0 Å². The van der Waals surface area contributed by atoms with Gasteiger partial charge < -0.3 is 20.4 Å². The summed E-state index contributed by atoms with van der Waals surface area (Å²) in [5.74, 6) is -0.420. The Kier molecular flexibility index (Phi) is 6.55. The summed E-state index contributed by atoms with van der Waals surface area (Å²) >= 11 is 0. The van der Waals surface area contributed by atoms with Gasteiger partial charge in [-0.15, -0.1) is 0 Å². The Balaban J connectivity index is 2.42. The van der Waals surface area contributed by atoms with E-state index < -0.39 is 12.0 Å². The van der Waals surface area contributed by atoms with Crippen molar-refractivity contribution >= 4 is 17.5 Å². The fraction of sp³-hybridized carbons (Fsp3) is 0.400. The largest absolute Gasteiger partial charge is 0.564 e. The van der Waals surface area contributed by atoms with Crippen molar-refractivity contribution in [1.82, 2.24) is 0 Å². The third kappa shape index (κ3) is 6.67. The van der Waals surface area contributed by atoms with E-state index in [0.717, 1.165) is 5.56 Å². The average Bonchev–Trinajstić information content (AvgIpc) is 2.44. The minimum absolute atomic E-state index is 0.0204. The van der Waals surface area contributed by atoms with Crippen molar-refractivity contribution in [3.05, 3.63) is 29.8 Å². The summed E-state index contributed by atoms with van der Waals surface area (Å²) < 4.78 is 5.31. The molecule has 4 N–H and O–H groups in total. The second-order valence-electron chi connectivity index (χ2n) is 4.85. The van der Waals surface area contributed by atoms with Gasteiger partial charge in [0.1, 0.15) is 18.1 Å². The SMILES string of the molecule is CC(=O)CCC(=O)COc1ccc(CC(N)C(=O)[OH2+])cc1. The van der Waals surface area contributed by atoms with Crippen molar-refractivity contribution < 1.29 is 24.2 Å². The molecular weight excluding hydrogens is 274 g/mol. The fourth-order valence-corrected chi connectivity index (χ4v) is 1.62. The van der Waals surface area contributed by atoms with Gasteiger partial charge in [0.05, 0.1) is 0 Å².